The van der Waals surface area contributed by atoms with Gasteiger partial charge < -0.3 is 9.84 Å². The van der Waals surface area contributed by atoms with E-state index in [-0.39, 0.29) is 0 Å². The summed E-state index contributed by atoms with van der Waals surface area (Å²) in [6, 6.07) is 8.35. The molecule has 3 rings (SSSR count). The number of methoxy groups -OCH3 is 1. The molecular formula is C18H27NO2. The van der Waals surface area contributed by atoms with Crippen LogP contribution in [0.5, 0.6) is 5.75 Å². The highest BCUT2D eigenvalue weighted by atomic mass is 16.5. The highest BCUT2D eigenvalue weighted by Gasteiger charge is 2.34. The zero-order valence-corrected chi connectivity index (χ0v) is 13.1. The third-order valence-electron chi connectivity index (χ3n) is 5.15. The summed E-state index contributed by atoms with van der Waals surface area (Å²) >= 11 is 0. The third kappa shape index (κ3) is 3.41. The lowest BCUT2D eigenvalue weighted by atomic mass is 9.84. The molecule has 0 bridgehead atoms. The van der Waals surface area contributed by atoms with E-state index in [0.717, 1.165) is 44.6 Å². The van der Waals surface area contributed by atoms with Crippen molar-refractivity contribution in [2.24, 2.45) is 0 Å². The van der Waals surface area contributed by atoms with Crippen LogP contribution >= 0.6 is 0 Å². The summed E-state index contributed by atoms with van der Waals surface area (Å²) in [4.78, 5) is 2.45. The monoisotopic (exact) mass is 289 g/mol. The summed E-state index contributed by atoms with van der Waals surface area (Å²) in [6.45, 7) is 2.98. The fourth-order valence-corrected chi connectivity index (χ4v) is 4.02. The molecule has 1 aliphatic carbocycles. The smallest absolute Gasteiger partial charge is 0.122 e. The zero-order chi connectivity index (χ0) is 14.7. The Kier molecular flexibility index (Phi) is 4.51. The maximum absolute atomic E-state index is 10.7. The number of para-hydroxylation sites is 1. The molecule has 1 saturated carbocycles. The first kappa shape index (κ1) is 14.9. The standard InChI is InChI=1S/C18H27NO2/c1-21-17-8-4-3-7-16(17)15-9-12-19(13-15)14-18(20)10-5-2-6-11-18/h3-4,7-8,15,20H,2,5-6,9-14H2,1H3. The number of rotatable bonds is 4. The van der Waals surface area contributed by atoms with Gasteiger partial charge in [0.2, 0.25) is 0 Å². The van der Waals surface area contributed by atoms with Crippen molar-refractivity contribution in [3.63, 3.8) is 0 Å². The molecule has 2 fully saturated rings. The van der Waals surface area contributed by atoms with Crippen LogP contribution in [0.3, 0.4) is 0 Å². The average molecular weight is 289 g/mol. The first-order chi connectivity index (χ1) is 10.2. The summed E-state index contributed by atoms with van der Waals surface area (Å²) in [6.07, 6.45) is 6.76. The van der Waals surface area contributed by atoms with E-state index in [1.165, 1.54) is 24.8 Å². The summed E-state index contributed by atoms with van der Waals surface area (Å²) in [5.41, 5.74) is 0.881. The summed E-state index contributed by atoms with van der Waals surface area (Å²) in [5, 5.41) is 10.7. The molecule has 1 saturated heterocycles. The fraction of sp³-hybridized carbons (Fsp3) is 0.667. The van der Waals surface area contributed by atoms with Gasteiger partial charge in [0, 0.05) is 19.0 Å². The van der Waals surface area contributed by atoms with Crippen molar-refractivity contribution in [1.29, 1.82) is 0 Å². The first-order valence-electron chi connectivity index (χ1n) is 8.28. The van der Waals surface area contributed by atoms with Gasteiger partial charge in [-0.15, -0.1) is 0 Å². The van der Waals surface area contributed by atoms with Gasteiger partial charge >= 0.3 is 0 Å². The molecule has 1 N–H and O–H groups in total. The minimum absolute atomic E-state index is 0.437. The predicted octanol–water partition coefficient (Wildman–Crippen LogP) is 3.18. The van der Waals surface area contributed by atoms with Gasteiger partial charge in [-0.2, -0.15) is 0 Å². The van der Waals surface area contributed by atoms with Crippen LogP contribution in [0.25, 0.3) is 0 Å². The van der Waals surface area contributed by atoms with Gasteiger partial charge in [-0.1, -0.05) is 37.5 Å². The molecule has 0 radical (unpaired) electrons. The third-order valence-corrected chi connectivity index (χ3v) is 5.15. The van der Waals surface area contributed by atoms with Gasteiger partial charge in [0.1, 0.15) is 5.75 Å². The minimum atomic E-state index is -0.437. The molecule has 0 aromatic heterocycles. The van der Waals surface area contributed by atoms with Gasteiger partial charge in [0.15, 0.2) is 0 Å². The molecule has 116 valence electrons. The Morgan fingerprint density at radius 2 is 2.00 bits per heavy atom. The maximum atomic E-state index is 10.7. The summed E-state index contributed by atoms with van der Waals surface area (Å²) in [5.74, 6) is 1.54. The SMILES string of the molecule is COc1ccccc1C1CCN(CC2(O)CCCCC2)C1. The quantitative estimate of drug-likeness (QED) is 0.924. The molecule has 3 heteroatoms. The number of nitrogens with zero attached hydrogens (tertiary/aromatic N) is 1. The van der Waals surface area contributed by atoms with Crippen LogP contribution in [0.2, 0.25) is 0 Å². The molecule has 1 aromatic rings. The van der Waals surface area contributed by atoms with Crippen LogP contribution < -0.4 is 4.74 Å². The van der Waals surface area contributed by atoms with Gasteiger partial charge in [-0.25, -0.2) is 0 Å². The van der Waals surface area contributed by atoms with Crippen molar-refractivity contribution < 1.29 is 9.84 Å². The number of β-amino-alcohol motifs (C(OH)–C–C–N with tert-alkyl or cyclic N) is 1. The highest BCUT2D eigenvalue weighted by Crippen LogP contribution is 2.35. The van der Waals surface area contributed by atoms with Gasteiger partial charge in [0.05, 0.1) is 12.7 Å². The van der Waals surface area contributed by atoms with E-state index in [9.17, 15) is 5.11 Å². The van der Waals surface area contributed by atoms with Crippen molar-refractivity contribution in [3.8, 4) is 5.75 Å². The Hall–Kier alpha value is -1.06. The average Bonchev–Trinajstić information content (AvgIpc) is 2.95. The molecule has 2 aliphatic rings. The predicted molar refractivity (Wildman–Crippen MR) is 84.8 cm³/mol. The maximum Gasteiger partial charge on any atom is 0.122 e. The van der Waals surface area contributed by atoms with E-state index in [4.69, 9.17) is 4.74 Å². The zero-order valence-electron chi connectivity index (χ0n) is 13.1. The Labute approximate surface area is 127 Å². The van der Waals surface area contributed by atoms with Crippen molar-refractivity contribution in [2.75, 3.05) is 26.7 Å². The molecule has 21 heavy (non-hydrogen) atoms. The van der Waals surface area contributed by atoms with Crippen molar-refractivity contribution in [3.05, 3.63) is 29.8 Å². The first-order valence-corrected chi connectivity index (χ1v) is 8.28. The van der Waals surface area contributed by atoms with Crippen LogP contribution in [0.15, 0.2) is 24.3 Å². The summed E-state index contributed by atoms with van der Waals surface area (Å²) in [7, 11) is 1.75. The lowest BCUT2D eigenvalue weighted by Crippen LogP contribution is -2.43. The fourth-order valence-electron chi connectivity index (χ4n) is 4.02. The molecule has 1 atom stereocenters. The lowest BCUT2D eigenvalue weighted by Gasteiger charge is -2.35. The van der Waals surface area contributed by atoms with Crippen LogP contribution in [-0.2, 0) is 0 Å². The number of ether oxygens (including phenoxy) is 1. The minimum Gasteiger partial charge on any atom is -0.496 e. The molecule has 1 aromatic carbocycles. The van der Waals surface area contributed by atoms with Crippen LogP contribution in [-0.4, -0.2) is 42.4 Å². The van der Waals surface area contributed by atoms with Crippen molar-refractivity contribution >= 4 is 0 Å². The highest BCUT2D eigenvalue weighted by molar-refractivity contribution is 5.37. The Morgan fingerprint density at radius 1 is 1.24 bits per heavy atom. The van der Waals surface area contributed by atoms with E-state index in [2.05, 4.69) is 17.0 Å². The molecule has 1 unspecified atom stereocenters. The molecule has 0 amide bonds. The van der Waals surface area contributed by atoms with E-state index in [1.807, 2.05) is 12.1 Å². The second-order valence-electron chi connectivity index (χ2n) is 6.75. The number of hydrogen-bond acceptors (Lipinski definition) is 3. The summed E-state index contributed by atoms with van der Waals surface area (Å²) < 4.78 is 5.49. The molecular weight excluding hydrogens is 262 g/mol. The van der Waals surface area contributed by atoms with E-state index in [1.54, 1.807) is 7.11 Å². The largest absolute Gasteiger partial charge is 0.496 e. The van der Waals surface area contributed by atoms with Crippen LogP contribution in [0.4, 0.5) is 0 Å². The van der Waals surface area contributed by atoms with Crippen molar-refractivity contribution in [1.82, 2.24) is 4.90 Å². The van der Waals surface area contributed by atoms with Crippen molar-refractivity contribution in [2.45, 2.75) is 50.0 Å². The van der Waals surface area contributed by atoms with E-state index in [0.29, 0.717) is 5.92 Å². The normalized spacial score (nSPS) is 25.9. The lowest BCUT2D eigenvalue weighted by molar-refractivity contribution is -0.0216. The van der Waals surface area contributed by atoms with E-state index >= 15 is 0 Å². The number of hydrogen-bond donors (Lipinski definition) is 1. The van der Waals surface area contributed by atoms with Crippen LogP contribution in [0.1, 0.15) is 50.0 Å². The Balaban J connectivity index is 1.62. The molecule has 3 nitrogen and oxygen atoms in total. The van der Waals surface area contributed by atoms with Gasteiger partial charge in [-0.05, 0) is 37.4 Å². The van der Waals surface area contributed by atoms with Crippen LogP contribution in [0, 0.1) is 0 Å². The number of aliphatic hydroxyl groups is 1. The van der Waals surface area contributed by atoms with Gasteiger partial charge in [-0.3, -0.25) is 4.90 Å². The molecule has 1 heterocycles. The second-order valence-corrected chi connectivity index (χ2v) is 6.75. The number of likely N-dealkylation sites (tertiary alicyclic amines) is 1. The number of benzene rings is 1. The second kappa shape index (κ2) is 6.37. The Bertz CT molecular complexity index is 468. The molecule has 1 aliphatic heterocycles. The van der Waals surface area contributed by atoms with E-state index < -0.39 is 5.60 Å². The topological polar surface area (TPSA) is 32.7 Å². The van der Waals surface area contributed by atoms with Gasteiger partial charge in [0.25, 0.3) is 0 Å². The Morgan fingerprint density at radius 3 is 2.76 bits per heavy atom. The molecule has 0 spiro atoms.